The summed E-state index contributed by atoms with van der Waals surface area (Å²) in [5.41, 5.74) is -2.13. The van der Waals surface area contributed by atoms with E-state index in [1.54, 1.807) is 0 Å². The molecule has 0 saturated carbocycles. The fourth-order valence-electron chi connectivity index (χ4n) is 1.28. The van der Waals surface area contributed by atoms with Crippen LogP contribution in [0.2, 0.25) is 0 Å². The molecule has 0 aliphatic carbocycles. The van der Waals surface area contributed by atoms with E-state index in [0.29, 0.717) is 12.3 Å². The van der Waals surface area contributed by atoms with Crippen molar-refractivity contribution in [2.24, 2.45) is 0 Å². The Bertz CT molecular complexity index is 429. The van der Waals surface area contributed by atoms with Gasteiger partial charge in [0.1, 0.15) is 0 Å². The summed E-state index contributed by atoms with van der Waals surface area (Å²) < 4.78 is 41.7. The van der Waals surface area contributed by atoms with E-state index in [0.717, 1.165) is 14.0 Å². The molecule has 1 heterocycles. The topological polar surface area (TPSA) is 53.2 Å². The molecule has 0 atom stereocenters. The third-order valence-electron chi connectivity index (χ3n) is 2.04. The molecular formula is C9H8F3NO3. The summed E-state index contributed by atoms with van der Waals surface area (Å²) in [6.07, 6.45) is -3.98. The molecule has 0 saturated heterocycles. The summed E-state index contributed by atoms with van der Waals surface area (Å²) in [6, 6.07) is 0.620. The number of halogens is 3. The first-order valence-electron chi connectivity index (χ1n) is 4.17. The van der Waals surface area contributed by atoms with Crippen molar-refractivity contribution in [1.82, 2.24) is 0 Å². The maximum absolute atomic E-state index is 12.5. The van der Waals surface area contributed by atoms with E-state index >= 15 is 0 Å². The molecule has 0 aliphatic heterocycles. The maximum atomic E-state index is 12.5. The van der Waals surface area contributed by atoms with Crippen LogP contribution >= 0.6 is 0 Å². The van der Waals surface area contributed by atoms with Gasteiger partial charge in [-0.25, -0.2) is 4.79 Å². The van der Waals surface area contributed by atoms with Gasteiger partial charge in [0, 0.05) is 11.6 Å². The average Bonchev–Trinajstić information content (AvgIpc) is 2.15. The van der Waals surface area contributed by atoms with Crippen LogP contribution in [0.1, 0.15) is 21.6 Å². The molecule has 0 spiro atoms. The number of carbonyl (C=O) groups is 1. The smallest absolute Gasteiger partial charge is 0.417 e. The molecule has 16 heavy (non-hydrogen) atoms. The van der Waals surface area contributed by atoms with Gasteiger partial charge in [-0.1, -0.05) is 0 Å². The first kappa shape index (κ1) is 12.3. The first-order chi connectivity index (χ1) is 7.29. The van der Waals surface area contributed by atoms with Crippen LogP contribution in [0.5, 0.6) is 0 Å². The molecule has 1 aromatic rings. The van der Waals surface area contributed by atoms with Crippen molar-refractivity contribution in [2.45, 2.75) is 13.1 Å². The lowest BCUT2D eigenvalue weighted by molar-refractivity contribution is -0.609. The zero-order chi connectivity index (χ0) is 12.5. The van der Waals surface area contributed by atoms with E-state index in [4.69, 9.17) is 0 Å². The highest BCUT2D eigenvalue weighted by molar-refractivity contribution is 5.87. The predicted molar refractivity (Wildman–Crippen MR) is 46.5 cm³/mol. The Kier molecular flexibility index (Phi) is 3.06. The van der Waals surface area contributed by atoms with Gasteiger partial charge in [0.05, 0.1) is 12.7 Å². The molecule has 4 nitrogen and oxygen atoms in total. The number of carbonyl (C=O) groups excluding carboxylic acids is 1. The normalized spacial score (nSPS) is 11.3. The molecular weight excluding hydrogens is 227 g/mol. The Morgan fingerprint density at radius 2 is 2.06 bits per heavy atom. The first-order valence-corrected chi connectivity index (χ1v) is 4.17. The lowest BCUT2D eigenvalue weighted by Crippen LogP contribution is -2.37. The largest absolute Gasteiger partial charge is 0.618 e. The standard InChI is InChI=1S/C9H8F3NO3/c1-5-6(9(10,11)12)3-4-13(15)7(5)8(14)16-2/h3-4H,1-2H3. The second-order valence-corrected chi connectivity index (χ2v) is 3.02. The number of methoxy groups -OCH3 is 1. The second-order valence-electron chi connectivity index (χ2n) is 3.02. The molecule has 0 fully saturated rings. The fourth-order valence-corrected chi connectivity index (χ4v) is 1.28. The number of hydrogen-bond donors (Lipinski definition) is 0. The lowest BCUT2D eigenvalue weighted by Gasteiger charge is -2.12. The van der Waals surface area contributed by atoms with E-state index in [2.05, 4.69) is 4.74 Å². The summed E-state index contributed by atoms with van der Waals surface area (Å²) >= 11 is 0. The Morgan fingerprint density at radius 3 is 2.50 bits per heavy atom. The summed E-state index contributed by atoms with van der Waals surface area (Å²) in [4.78, 5) is 11.1. The van der Waals surface area contributed by atoms with E-state index < -0.39 is 29.0 Å². The number of aromatic nitrogens is 1. The number of rotatable bonds is 1. The lowest BCUT2D eigenvalue weighted by atomic mass is 10.1. The highest BCUT2D eigenvalue weighted by Gasteiger charge is 2.37. The second kappa shape index (κ2) is 3.99. The number of nitrogens with zero attached hydrogens (tertiary/aromatic N) is 1. The van der Waals surface area contributed by atoms with Crippen molar-refractivity contribution in [2.75, 3.05) is 7.11 Å². The average molecular weight is 235 g/mol. The zero-order valence-corrected chi connectivity index (χ0v) is 8.46. The van der Waals surface area contributed by atoms with Gasteiger partial charge in [-0.05, 0) is 6.92 Å². The molecule has 0 aliphatic rings. The molecule has 0 unspecified atom stereocenters. The SMILES string of the molecule is COC(=O)c1c(C)c(C(F)(F)F)cc[n+]1[O-]. The van der Waals surface area contributed by atoms with E-state index in [-0.39, 0.29) is 4.73 Å². The quantitative estimate of drug-likeness (QED) is 0.420. The Balaban J connectivity index is 3.45. The Hall–Kier alpha value is -1.79. The van der Waals surface area contributed by atoms with Gasteiger partial charge in [0.2, 0.25) is 0 Å². The van der Waals surface area contributed by atoms with Gasteiger partial charge >= 0.3 is 17.8 Å². The van der Waals surface area contributed by atoms with Crippen LogP contribution in [-0.2, 0) is 10.9 Å². The number of alkyl halides is 3. The van der Waals surface area contributed by atoms with Crippen LogP contribution in [0.3, 0.4) is 0 Å². The number of esters is 1. The van der Waals surface area contributed by atoms with Crippen molar-refractivity contribution in [1.29, 1.82) is 0 Å². The Morgan fingerprint density at radius 1 is 1.50 bits per heavy atom. The number of pyridine rings is 1. The number of hydrogen-bond acceptors (Lipinski definition) is 3. The van der Waals surface area contributed by atoms with E-state index in [1.807, 2.05) is 0 Å². The molecule has 0 aromatic carbocycles. The van der Waals surface area contributed by atoms with Crippen molar-refractivity contribution in [3.8, 4) is 0 Å². The van der Waals surface area contributed by atoms with Crippen molar-refractivity contribution < 1.29 is 27.4 Å². The minimum atomic E-state index is -4.61. The Labute approximate surface area is 88.8 Å². The third kappa shape index (κ3) is 2.07. The summed E-state index contributed by atoms with van der Waals surface area (Å²) in [5, 5.41) is 11.2. The summed E-state index contributed by atoms with van der Waals surface area (Å²) in [6.45, 7) is 1.05. The van der Waals surface area contributed by atoms with Gasteiger partial charge in [-0.3, -0.25) is 0 Å². The maximum Gasteiger partial charge on any atom is 0.417 e. The molecule has 0 amide bonds. The van der Waals surface area contributed by atoms with Gasteiger partial charge in [0.15, 0.2) is 6.20 Å². The van der Waals surface area contributed by atoms with Crippen LogP contribution in [0.25, 0.3) is 0 Å². The molecule has 88 valence electrons. The van der Waals surface area contributed by atoms with Crippen LogP contribution in [-0.4, -0.2) is 13.1 Å². The summed E-state index contributed by atoms with van der Waals surface area (Å²) in [7, 11) is 0.988. The minimum absolute atomic E-state index is 0.0520. The van der Waals surface area contributed by atoms with Crippen LogP contribution < -0.4 is 4.73 Å². The van der Waals surface area contributed by atoms with Gasteiger partial charge in [-0.2, -0.15) is 17.9 Å². The van der Waals surface area contributed by atoms with Crippen molar-refractivity contribution in [3.63, 3.8) is 0 Å². The van der Waals surface area contributed by atoms with Gasteiger partial charge in [-0.15, -0.1) is 0 Å². The molecule has 0 N–H and O–H groups in total. The molecule has 1 rings (SSSR count). The predicted octanol–water partition coefficient (Wildman–Crippen LogP) is 1.43. The molecule has 7 heteroatoms. The monoisotopic (exact) mass is 235 g/mol. The van der Waals surface area contributed by atoms with E-state index in [1.165, 1.54) is 0 Å². The van der Waals surface area contributed by atoms with Crippen LogP contribution in [0.15, 0.2) is 12.3 Å². The highest BCUT2D eigenvalue weighted by atomic mass is 19.4. The molecule has 0 radical (unpaired) electrons. The zero-order valence-electron chi connectivity index (χ0n) is 8.46. The molecule has 1 aromatic heterocycles. The van der Waals surface area contributed by atoms with Crippen LogP contribution in [0.4, 0.5) is 13.2 Å². The van der Waals surface area contributed by atoms with Gasteiger partial charge < -0.3 is 9.94 Å². The van der Waals surface area contributed by atoms with E-state index in [9.17, 15) is 23.2 Å². The van der Waals surface area contributed by atoms with Crippen molar-refractivity contribution >= 4 is 5.97 Å². The van der Waals surface area contributed by atoms with Crippen molar-refractivity contribution in [3.05, 3.63) is 34.3 Å². The van der Waals surface area contributed by atoms with Crippen LogP contribution in [0, 0.1) is 12.1 Å². The summed E-state index contributed by atoms with van der Waals surface area (Å²) in [5.74, 6) is -1.10. The third-order valence-corrected chi connectivity index (χ3v) is 2.04. The highest BCUT2D eigenvalue weighted by Crippen LogP contribution is 2.31. The number of ether oxygens (including phenoxy) is 1. The minimum Gasteiger partial charge on any atom is -0.618 e. The molecule has 0 bridgehead atoms. The van der Waals surface area contributed by atoms with Gasteiger partial charge in [0.25, 0.3) is 0 Å². The fraction of sp³-hybridized carbons (Fsp3) is 0.333.